The summed E-state index contributed by atoms with van der Waals surface area (Å²) in [5, 5.41) is 7.89. The van der Waals surface area contributed by atoms with Crippen LogP contribution in [0.1, 0.15) is 34.6 Å². The zero-order valence-electron chi connectivity index (χ0n) is 17.8. The quantitative estimate of drug-likeness (QED) is 0.396. The van der Waals surface area contributed by atoms with Crippen LogP contribution >= 0.6 is 0 Å². The second-order valence-corrected chi connectivity index (χ2v) is 6.94. The summed E-state index contributed by atoms with van der Waals surface area (Å²) in [4.78, 5) is 17.1. The van der Waals surface area contributed by atoms with Crippen LogP contribution in [0, 0.1) is 19.7 Å². The number of halogens is 1. The molecule has 4 aromatic rings. The normalized spacial score (nSPS) is 10.9. The first-order valence-corrected chi connectivity index (χ1v) is 10.0. The van der Waals surface area contributed by atoms with Gasteiger partial charge in [-0.15, -0.1) is 5.10 Å². The fourth-order valence-corrected chi connectivity index (χ4v) is 3.15. The van der Waals surface area contributed by atoms with Gasteiger partial charge in [0.25, 0.3) is 0 Å². The first-order valence-electron chi connectivity index (χ1n) is 10.0. The van der Waals surface area contributed by atoms with Crippen LogP contribution in [-0.2, 0) is 11.3 Å². The second-order valence-electron chi connectivity index (χ2n) is 6.94. The third kappa shape index (κ3) is 4.22. The molecule has 32 heavy (non-hydrogen) atoms. The van der Waals surface area contributed by atoms with Gasteiger partial charge in [-0.05, 0) is 57.2 Å². The number of para-hydroxylation sites is 1. The SMILES string of the molecule is CCOc1ccccc1-c1nc(COC(=O)c2nnn(-c3ccc(F)cc3)c2C)c(C)o1. The van der Waals surface area contributed by atoms with Crippen molar-refractivity contribution >= 4 is 5.97 Å². The number of carbonyl (C=O) groups excluding carboxylic acids is 1. The number of hydrogen-bond acceptors (Lipinski definition) is 7. The van der Waals surface area contributed by atoms with Gasteiger partial charge in [-0.1, -0.05) is 17.3 Å². The van der Waals surface area contributed by atoms with E-state index >= 15 is 0 Å². The maximum absolute atomic E-state index is 13.2. The first-order chi connectivity index (χ1) is 15.5. The third-order valence-electron chi connectivity index (χ3n) is 4.81. The Bertz CT molecular complexity index is 1250. The summed E-state index contributed by atoms with van der Waals surface area (Å²) in [6.45, 7) is 5.76. The van der Waals surface area contributed by atoms with Gasteiger partial charge < -0.3 is 13.9 Å². The van der Waals surface area contributed by atoms with Crippen molar-refractivity contribution in [1.29, 1.82) is 0 Å². The first kappa shape index (κ1) is 21.2. The van der Waals surface area contributed by atoms with Gasteiger partial charge >= 0.3 is 5.97 Å². The van der Waals surface area contributed by atoms with Crippen LogP contribution in [-0.4, -0.2) is 32.6 Å². The van der Waals surface area contributed by atoms with E-state index < -0.39 is 5.97 Å². The predicted molar refractivity (Wildman–Crippen MR) is 113 cm³/mol. The molecule has 164 valence electrons. The van der Waals surface area contributed by atoms with Gasteiger partial charge in [0.2, 0.25) is 5.89 Å². The lowest BCUT2D eigenvalue weighted by Crippen LogP contribution is -2.09. The lowest BCUT2D eigenvalue weighted by atomic mass is 10.2. The summed E-state index contributed by atoms with van der Waals surface area (Å²) in [6, 6.07) is 13.1. The van der Waals surface area contributed by atoms with Crippen molar-refractivity contribution in [1.82, 2.24) is 20.0 Å². The molecule has 4 rings (SSSR count). The molecule has 8 nitrogen and oxygen atoms in total. The summed E-state index contributed by atoms with van der Waals surface area (Å²) < 4.78 is 31.4. The van der Waals surface area contributed by atoms with E-state index in [9.17, 15) is 9.18 Å². The van der Waals surface area contributed by atoms with E-state index in [0.717, 1.165) is 0 Å². The third-order valence-corrected chi connectivity index (χ3v) is 4.81. The highest BCUT2D eigenvalue weighted by molar-refractivity contribution is 5.88. The van der Waals surface area contributed by atoms with Crippen LogP contribution < -0.4 is 4.74 Å². The van der Waals surface area contributed by atoms with Crippen LogP contribution in [0.15, 0.2) is 52.9 Å². The summed E-state index contributed by atoms with van der Waals surface area (Å²) >= 11 is 0. The fourth-order valence-electron chi connectivity index (χ4n) is 3.15. The van der Waals surface area contributed by atoms with Crippen LogP contribution in [0.25, 0.3) is 17.1 Å². The standard InChI is InChI=1S/C23H21FN4O4/c1-4-30-20-8-6-5-7-18(20)22-25-19(15(3)32-22)13-31-23(29)21-14(2)28(27-26-21)17-11-9-16(24)10-12-17/h5-12H,4,13H2,1-3H3. The van der Waals surface area contributed by atoms with Gasteiger partial charge in [-0.25, -0.2) is 18.9 Å². The predicted octanol–water partition coefficient (Wildman–Crippen LogP) is 4.43. The van der Waals surface area contributed by atoms with Gasteiger partial charge in [0, 0.05) is 0 Å². The molecule has 2 aromatic heterocycles. The number of aromatic nitrogens is 4. The van der Waals surface area contributed by atoms with Gasteiger partial charge in [-0.3, -0.25) is 0 Å². The monoisotopic (exact) mass is 436 g/mol. The summed E-state index contributed by atoms with van der Waals surface area (Å²) in [5.41, 5.74) is 2.33. The number of hydrogen-bond donors (Lipinski definition) is 0. The zero-order valence-corrected chi connectivity index (χ0v) is 17.8. The number of oxazole rings is 1. The van der Waals surface area contributed by atoms with E-state index in [0.29, 0.717) is 46.6 Å². The fraction of sp³-hybridized carbons (Fsp3) is 0.217. The number of esters is 1. The molecular formula is C23H21FN4O4. The Morgan fingerprint density at radius 2 is 1.88 bits per heavy atom. The Morgan fingerprint density at radius 3 is 2.62 bits per heavy atom. The van der Waals surface area contributed by atoms with Crippen LogP contribution in [0.4, 0.5) is 4.39 Å². The van der Waals surface area contributed by atoms with Crippen LogP contribution in [0.2, 0.25) is 0 Å². The van der Waals surface area contributed by atoms with E-state index in [1.807, 2.05) is 31.2 Å². The molecule has 0 radical (unpaired) electrons. The molecule has 0 N–H and O–H groups in total. The number of ether oxygens (including phenoxy) is 2. The van der Waals surface area contributed by atoms with Gasteiger partial charge in [0.15, 0.2) is 5.69 Å². The molecule has 0 saturated carbocycles. The minimum Gasteiger partial charge on any atom is -0.493 e. The van der Waals surface area contributed by atoms with Crippen LogP contribution in [0.5, 0.6) is 5.75 Å². The Kier molecular flexibility index (Phi) is 5.98. The van der Waals surface area contributed by atoms with Crippen LogP contribution in [0.3, 0.4) is 0 Å². The average Bonchev–Trinajstić information content (AvgIpc) is 3.36. The molecular weight excluding hydrogens is 415 g/mol. The highest BCUT2D eigenvalue weighted by Crippen LogP contribution is 2.30. The average molecular weight is 436 g/mol. The zero-order chi connectivity index (χ0) is 22.7. The van der Waals surface area contributed by atoms with E-state index in [1.54, 1.807) is 26.0 Å². The highest BCUT2D eigenvalue weighted by atomic mass is 19.1. The molecule has 0 aliphatic carbocycles. The number of aryl methyl sites for hydroxylation is 1. The maximum Gasteiger partial charge on any atom is 0.361 e. The number of rotatable bonds is 7. The molecule has 0 unspecified atom stereocenters. The van der Waals surface area contributed by atoms with Gasteiger partial charge in [0.05, 0.1) is 23.6 Å². The largest absolute Gasteiger partial charge is 0.493 e. The molecule has 0 aliphatic heterocycles. The molecule has 2 aromatic carbocycles. The van der Waals surface area contributed by atoms with E-state index in [2.05, 4.69) is 15.3 Å². The van der Waals surface area contributed by atoms with Crippen molar-refractivity contribution in [3.8, 4) is 22.9 Å². The Morgan fingerprint density at radius 1 is 1.12 bits per heavy atom. The smallest absolute Gasteiger partial charge is 0.361 e. The molecule has 9 heteroatoms. The Balaban J connectivity index is 1.49. The highest BCUT2D eigenvalue weighted by Gasteiger charge is 2.21. The second kappa shape index (κ2) is 9.01. The molecule has 0 spiro atoms. The minimum atomic E-state index is -0.644. The van der Waals surface area contributed by atoms with Gasteiger partial charge in [-0.2, -0.15) is 0 Å². The molecule has 0 aliphatic rings. The van der Waals surface area contributed by atoms with E-state index in [1.165, 1.54) is 16.8 Å². The number of benzene rings is 2. The molecule has 2 heterocycles. The molecule has 0 fully saturated rings. The minimum absolute atomic E-state index is 0.0670. The van der Waals surface area contributed by atoms with Crippen molar-refractivity contribution in [2.75, 3.05) is 6.61 Å². The summed E-state index contributed by atoms with van der Waals surface area (Å²) in [6.07, 6.45) is 0. The molecule has 0 atom stereocenters. The van der Waals surface area contributed by atoms with Crippen molar-refractivity contribution in [3.63, 3.8) is 0 Å². The van der Waals surface area contributed by atoms with Crippen molar-refractivity contribution in [2.24, 2.45) is 0 Å². The lowest BCUT2D eigenvalue weighted by Gasteiger charge is -2.06. The Hall–Kier alpha value is -4.01. The van der Waals surface area contributed by atoms with Crippen molar-refractivity contribution < 1.29 is 23.1 Å². The lowest BCUT2D eigenvalue weighted by molar-refractivity contribution is 0.0459. The number of nitrogens with zero attached hydrogens (tertiary/aromatic N) is 4. The van der Waals surface area contributed by atoms with Crippen molar-refractivity contribution in [2.45, 2.75) is 27.4 Å². The number of carbonyl (C=O) groups is 1. The Labute approximate surface area is 183 Å². The van der Waals surface area contributed by atoms with Gasteiger partial charge in [0.1, 0.15) is 29.6 Å². The topological polar surface area (TPSA) is 92.3 Å². The summed E-state index contributed by atoms with van der Waals surface area (Å²) in [7, 11) is 0. The van der Waals surface area contributed by atoms with E-state index in [4.69, 9.17) is 13.9 Å². The van der Waals surface area contributed by atoms with Crippen molar-refractivity contribution in [3.05, 3.63) is 77.2 Å². The van der Waals surface area contributed by atoms with E-state index in [-0.39, 0.29) is 18.1 Å². The maximum atomic E-state index is 13.2. The molecule has 0 bridgehead atoms. The molecule has 0 amide bonds. The summed E-state index contributed by atoms with van der Waals surface area (Å²) in [5.74, 6) is 0.571. The molecule has 0 saturated heterocycles.